The molecule has 1 aromatic carbocycles. The van der Waals surface area contributed by atoms with Crippen molar-refractivity contribution in [2.45, 2.75) is 19.3 Å². The van der Waals surface area contributed by atoms with Gasteiger partial charge < -0.3 is 4.90 Å². The van der Waals surface area contributed by atoms with E-state index >= 15 is 0 Å². The SMILES string of the molecule is C1=Cc2ccccc2CC1.CN1C/C=C/C=C\C=C\CC1. The Kier molecular flexibility index (Phi) is 6.76. The molecule has 3 rings (SSSR count). The van der Waals surface area contributed by atoms with Crippen molar-refractivity contribution in [1.82, 2.24) is 4.90 Å². The molecule has 0 aromatic heterocycles. The molecule has 1 aliphatic heterocycles. The van der Waals surface area contributed by atoms with Crippen molar-refractivity contribution in [2.75, 3.05) is 20.1 Å². The van der Waals surface area contributed by atoms with Gasteiger partial charge in [-0.2, -0.15) is 0 Å². The standard InChI is InChI=1S/C10H15N.C10H10/c1-11-9-7-5-3-2-4-6-8-10-11;1-2-6-10-8-4-3-7-9(10)5-1/h2-7H,8-10H2,1H3;1-3,5-7H,4,8H2/b3-2-,6-4+,7-5+;. The third-order valence-corrected chi connectivity index (χ3v) is 3.63. The van der Waals surface area contributed by atoms with Crippen LogP contribution in [0.25, 0.3) is 6.08 Å². The van der Waals surface area contributed by atoms with E-state index in [-0.39, 0.29) is 0 Å². The van der Waals surface area contributed by atoms with Gasteiger partial charge in [-0.3, -0.25) is 0 Å². The Morgan fingerprint density at radius 3 is 2.52 bits per heavy atom. The molecule has 1 aromatic rings. The van der Waals surface area contributed by atoms with Crippen LogP contribution in [0.3, 0.4) is 0 Å². The van der Waals surface area contributed by atoms with Crippen LogP contribution in [0, 0.1) is 0 Å². The van der Waals surface area contributed by atoms with Crippen molar-refractivity contribution in [3.05, 3.63) is 77.9 Å². The Balaban J connectivity index is 0.000000154. The van der Waals surface area contributed by atoms with Gasteiger partial charge in [0, 0.05) is 13.1 Å². The van der Waals surface area contributed by atoms with Crippen molar-refractivity contribution in [1.29, 1.82) is 0 Å². The molecule has 0 N–H and O–H groups in total. The second kappa shape index (κ2) is 9.15. The number of hydrogen-bond donors (Lipinski definition) is 0. The number of likely N-dealkylation sites (N-methyl/N-ethyl adjacent to an activating group) is 1. The third kappa shape index (κ3) is 5.97. The predicted molar refractivity (Wildman–Crippen MR) is 93.3 cm³/mol. The maximum atomic E-state index is 2.31. The van der Waals surface area contributed by atoms with Crippen LogP contribution in [0.2, 0.25) is 0 Å². The molecular formula is C20H25N. The smallest absolute Gasteiger partial charge is 0.0163 e. The highest BCUT2D eigenvalue weighted by molar-refractivity contribution is 5.55. The van der Waals surface area contributed by atoms with Gasteiger partial charge in [0.05, 0.1) is 0 Å². The minimum atomic E-state index is 1.05. The number of fused-ring (bicyclic) bond motifs is 1. The summed E-state index contributed by atoms with van der Waals surface area (Å²) in [6.07, 6.45) is 20.7. The third-order valence-electron chi connectivity index (χ3n) is 3.63. The van der Waals surface area contributed by atoms with Gasteiger partial charge in [0.1, 0.15) is 0 Å². The second-order valence-corrected chi connectivity index (χ2v) is 5.43. The fraction of sp³-hybridized carbons (Fsp3) is 0.300. The van der Waals surface area contributed by atoms with Crippen LogP contribution in [0.5, 0.6) is 0 Å². The zero-order valence-electron chi connectivity index (χ0n) is 12.9. The molecule has 1 aliphatic carbocycles. The van der Waals surface area contributed by atoms with Gasteiger partial charge in [-0.1, -0.05) is 72.9 Å². The Morgan fingerprint density at radius 1 is 0.857 bits per heavy atom. The molecule has 2 aliphatic rings. The number of benzene rings is 1. The average molecular weight is 279 g/mol. The molecule has 110 valence electrons. The first-order chi connectivity index (χ1) is 10.4. The average Bonchev–Trinajstić information content (AvgIpc) is 2.54. The van der Waals surface area contributed by atoms with Crippen LogP contribution < -0.4 is 0 Å². The summed E-state index contributed by atoms with van der Waals surface area (Å²) in [5.41, 5.74) is 2.89. The molecule has 0 spiro atoms. The summed E-state index contributed by atoms with van der Waals surface area (Å²) < 4.78 is 0. The molecule has 1 heterocycles. The lowest BCUT2D eigenvalue weighted by molar-refractivity contribution is 0.378. The van der Waals surface area contributed by atoms with Crippen molar-refractivity contribution in [3.8, 4) is 0 Å². The lowest BCUT2D eigenvalue weighted by Gasteiger charge is -2.12. The van der Waals surface area contributed by atoms with E-state index in [1.165, 1.54) is 24.0 Å². The Morgan fingerprint density at radius 2 is 1.67 bits per heavy atom. The molecule has 0 bridgehead atoms. The van der Waals surface area contributed by atoms with E-state index in [1.54, 1.807) is 0 Å². The summed E-state index contributed by atoms with van der Waals surface area (Å²) in [5, 5.41) is 0. The molecule has 0 fully saturated rings. The van der Waals surface area contributed by atoms with E-state index in [0.717, 1.165) is 19.5 Å². The summed E-state index contributed by atoms with van der Waals surface area (Å²) in [4.78, 5) is 2.31. The quantitative estimate of drug-likeness (QED) is 0.669. The van der Waals surface area contributed by atoms with Gasteiger partial charge in [0.15, 0.2) is 0 Å². The molecule has 0 amide bonds. The van der Waals surface area contributed by atoms with Gasteiger partial charge in [-0.05, 0) is 37.4 Å². The van der Waals surface area contributed by atoms with Crippen LogP contribution in [0.4, 0.5) is 0 Å². The Bertz CT molecular complexity index is 535. The van der Waals surface area contributed by atoms with Crippen LogP contribution >= 0.6 is 0 Å². The number of nitrogens with zero attached hydrogens (tertiary/aromatic N) is 1. The van der Waals surface area contributed by atoms with Crippen LogP contribution in [0.15, 0.2) is 66.8 Å². The first-order valence-electron chi connectivity index (χ1n) is 7.77. The van der Waals surface area contributed by atoms with Crippen LogP contribution in [-0.4, -0.2) is 25.0 Å². The summed E-state index contributed by atoms with van der Waals surface area (Å²) in [6.45, 7) is 2.20. The molecule has 0 atom stereocenters. The van der Waals surface area contributed by atoms with E-state index in [4.69, 9.17) is 0 Å². The first kappa shape index (κ1) is 15.5. The number of aryl methyl sites for hydroxylation is 1. The first-order valence-corrected chi connectivity index (χ1v) is 7.77. The summed E-state index contributed by atoms with van der Waals surface area (Å²) >= 11 is 0. The van der Waals surface area contributed by atoms with Crippen molar-refractivity contribution in [2.24, 2.45) is 0 Å². The van der Waals surface area contributed by atoms with Gasteiger partial charge >= 0.3 is 0 Å². The fourth-order valence-corrected chi connectivity index (χ4v) is 2.38. The van der Waals surface area contributed by atoms with Crippen molar-refractivity contribution in [3.63, 3.8) is 0 Å². The molecule has 21 heavy (non-hydrogen) atoms. The van der Waals surface area contributed by atoms with Gasteiger partial charge in [-0.25, -0.2) is 0 Å². The van der Waals surface area contributed by atoms with Gasteiger partial charge in [-0.15, -0.1) is 0 Å². The van der Waals surface area contributed by atoms with E-state index < -0.39 is 0 Å². The monoisotopic (exact) mass is 279 g/mol. The van der Waals surface area contributed by atoms with E-state index in [0.29, 0.717) is 0 Å². The molecule has 0 radical (unpaired) electrons. The Labute approximate surface area is 129 Å². The minimum Gasteiger partial charge on any atom is -0.302 e. The Hall–Kier alpha value is -1.86. The molecule has 0 saturated heterocycles. The van der Waals surface area contributed by atoms with Gasteiger partial charge in [0.25, 0.3) is 0 Å². The minimum absolute atomic E-state index is 1.05. The van der Waals surface area contributed by atoms with Crippen LogP contribution in [0.1, 0.15) is 24.0 Å². The molecular weight excluding hydrogens is 254 g/mol. The highest BCUT2D eigenvalue weighted by Crippen LogP contribution is 2.17. The van der Waals surface area contributed by atoms with Gasteiger partial charge in [0.2, 0.25) is 0 Å². The predicted octanol–water partition coefficient (Wildman–Crippen LogP) is 4.64. The highest BCUT2D eigenvalue weighted by atomic mass is 15.1. The fourth-order valence-electron chi connectivity index (χ4n) is 2.38. The molecule has 1 heteroatoms. The highest BCUT2D eigenvalue weighted by Gasteiger charge is 2.00. The lowest BCUT2D eigenvalue weighted by Crippen LogP contribution is -2.18. The zero-order valence-corrected chi connectivity index (χ0v) is 12.9. The maximum absolute atomic E-state index is 2.31. The van der Waals surface area contributed by atoms with Crippen molar-refractivity contribution < 1.29 is 0 Å². The summed E-state index contributed by atoms with van der Waals surface area (Å²) in [6, 6.07) is 8.58. The lowest BCUT2D eigenvalue weighted by atomic mass is 9.98. The molecule has 0 unspecified atom stereocenters. The number of allylic oxidation sites excluding steroid dienone is 5. The largest absolute Gasteiger partial charge is 0.302 e. The summed E-state index contributed by atoms with van der Waals surface area (Å²) in [5.74, 6) is 0. The molecule has 1 nitrogen and oxygen atoms in total. The second-order valence-electron chi connectivity index (χ2n) is 5.43. The van der Waals surface area contributed by atoms with E-state index in [2.05, 4.69) is 84.8 Å². The summed E-state index contributed by atoms with van der Waals surface area (Å²) in [7, 11) is 2.14. The van der Waals surface area contributed by atoms with Crippen molar-refractivity contribution >= 4 is 6.08 Å². The number of hydrogen-bond acceptors (Lipinski definition) is 1. The van der Waals surface area contributed by atoms with Crippen LogP contribution in [-0.2, 0) is 6.42 Å². The van der Waals surface area contributed by atoms with E-state index in [9.17, 15) is 0 Å². The normalized spacial score (nSPS) is 22.3. The maximum Gasteiger partial charge on any atom is 0.0163 e. The number of rotatable bonds is 0. The zero-order chi connectivity index (χ0) is 14.8. The topological polar surface area (TPSA) is 3.24 Å². The molecule has 0 saturated carbocycles. The van der Waals surface area contributed by atoms with E-state index in [1.807, 2.05) is 0 Å².